The van der Waals surface area contributed by atoms with Crippen molar-refractivity contribution in [3.05, 3.63) is 40.2 Å². The molecule has 16 heavy (non-hydrogen) atoms. The zero-order valence-corrected chi connectivity index (χ0v) is 10.1. The zero-order chi connectivity index (χ0) is 11.4. The molecule has 0 saturated heterocycles. The first-order valence-corrected chi connectivity index (χ1v) is 6.18. The van der Waals surface area contributed by atoms with Crippen LogP contribution in [0.25, 0.3) is 0 Å². The first kappa shape index (κ1) is 11.0. The van der Waals surface area contributed by atoms with Gasteiger partial charge in [-0.15, -0.1) is 11.3 Å². The van der Waals surface area contributed by atoms with E-state index in [1.165, 1.54) is 10.4 Å². The number of nitrogens with one attached hydrogen (secondary N) is 1. The molecule has 84 valence electrons. The van der Waals surface area contributed by atoms with Gasteiger partial charge in [0.05, 0.1) is 11.9 Å². The van der Waals surface area contributed by atoms with Crippen molar-refractivity contribution in [3.8, 4) is 0 Å². The molecule has 2 rings (SSSR count). The van der Waals surface area contributed by atoms with Crippen molar-refractivity contribution < 1.29 is 0 Å². The SMILES string of the molecule is CCc1ccsc1CNc1ccc(N)nc1. The van der Waals surface area contributed by atoms with Gasteiger partial charge in [-0.25, -0.2) is 4.98 Å². The van der Waals surface area contributed by atoms with Crippen LogP contribution in [0.4, 0.5) is 11.5 Å². The molecule has 0 unspecified atom stereocenters. The smallest absolute Gasteiger partial charge is 0.123 e. The van der Waals surface area contributed by atoms with Crippen molar-refractivity contribution in [2.75, 3.05) is 11.1 Å². The van der Waals surface area contributed by atoms with E-state index in [-0.39, 0.29) is 0 Å². The van der Waals surface area contributed by atoms with Gasteiger partial charge in [0.15, 0.2) is 0 Å². The number of hydrogen-bond acceptors (Lipinski definition) is 4. The molecule has 0 aliphatic rings. The molecule has 4 heteroatoms. The Kier molecular flexibility index (Phi) is 3.41. The summed E-state index contributed by atoms with van der Waals surface area (Å²) in [5.41, 5.74) is 7.95. The van der Waals surface area contributed by atoms with Gasteiger partial charge in [0.1, 0.15) is 5.82 Å². The van der Waals surface area contributed by atoms with Crippen LogP contribution in [0, 0.1) is 0 Å². The largest absolute Gasteiger partial charge is 0.384 e. The second-order valence-electron chi connectivity index (χ2n) is 3.55. The lowest BCUT2D eigenvalue weighted by Gasteiger charge is -2.06. The molecule has 0 atom stereocenters. The maximum Gasteiger partial charge on any atom is 0.123 e. The van der Waals surface area contributed by atoms with Gasteiger partial charge in [0.25, 0.3) is 0 Å². The molecular weight excluding hydrogens is 218 g/mol. The minimum absolute atomic E-state index is 0.552. The summed E-state index contributed by atoms with van der Waals surface area (Å²) < 4.78 is 0. The van der Waals surface area contributed by atoms with Gasteiger partial charge in [0, 0.05) is 11.4 Å². The Balaban J connectivity index is 1.99. The van der Waals surface area contributed by atoms with Crippen LogP contribution >= 0.6 is 11.3 Å². The Labute approximate surface area is 99.3 Å². The minimum Gasteiger partial charge on any atom is -0.384 e. The average Bonchev–Trinajstić information content (AvgIpc) is 2.76. The lowest BCUT2D eigenvalue weighted by Crippen LogP contribution is -2.00. The van der Waals surface area contributed by atoms with Gasteiger partial charge in [0.2, 0.25) is 0 Å². The fourth-order valence-electron chi connectivity index (χ4n) is 1.53. The predicted octanol–water partition coefficient (Wildman–Crippen LogP) is 2.90. The van der Waals surface area contributed by atoms with Gasteiger partial charge in [-0.1, -0.05) is 6.92 Å². The fraction of sp³-hybridized carbons (Fsp3) is 0.250. The summed E-state index contributed by atoms with van der Waals surface area (Å²) in [6.07, 6.45) is 2.84. The molecule has 0 aromatic carbocycles. The number of nitrogens with zero attached hydrogens (tertiary/aromatic N) is 1. The van der Waals surface area contributed by atoms with Crippen LogP contribution in [-0.4, -0.2) is 4.98 Å². The number of aryl methyl sites for hydroxylation is 1. The monoisotopic (exact) mass is 233 g/mol. The third kappa shape index (κ3) is 2.52. The molecule has 0 aliphatic heterocycles. The summed E-state index contributed by atoms with van der Waals surface area (Å²) in [4.78, 5) is 5.43. The molecule has 2 aromatic heterocycles. The molecule has 0 aliphatic carbocycles. The van der Waals surface area contributed by atoms with E-state index in [0.717, 1.165) is 18.7 Å². The van der Waals surface area contributed by atoms with Crippen LogP contribution in [0.2, 0.25) is 0 Å². The number of nitrogen functional groups attached to an aromatic ring is 1. The van der Waals surface area contributed by atoms with Gasteiger partial charge >= 0.3 is 0 Å². The Hall–Kier alpha value is -1.55. The summed E-state index contributed by atoms with van der Waals surface area (Å²) in [5.74, 6) is 0.552. The maximum atomic E-state index is 5.53. The highest BCUT2D eigenvalue weighted by Gasteiger charge is 2.01. The number of hydrogen-bond donors (Lipinski definition) is 2. The third-order valence-corrected chi connectivity index (χ3v) is 3.42. The van der Waals surface area contributed by atoms with Crippen molar-refractivity contribution in [1.82, 2.24) is 4.98 Å². The number of anilines is 2. The highest BCUT2D eigenvalue weighted by Crippen LogP contribution is 2.19. The Bertz CT molecular complexity index is 448. The van der Waals surface area contributed by atoms with Crippen molar-refractivity contribution in [2.24, 2.45) is 0 Å². The van der Waals surface area contributed by atoms with E-state index in [4.69, 9.17) is 5.73 Å². The van der Waals surface area contributed by atoms with E-state index in [2.05, 4.69) is 28.7 Å². The van der Waals surface area contributed by atoms with E-state index in [0.29, 0.717) is 5.82 Å². The molecule has 0 saturated carbocycles. The summed E-state index contributed by atoms with van der Waals surface area (Å²) in [5, 5.41) is 5.48. The minimum atomic E-state index is 0.552. The third-order valence-electron chi connectivity index (χ3n) is 2.46. The van der Waals surface area contributed by atoms with Gasteiger partial charge in [-0.3, -0.25) is 0 Å². The fourth-order valence-corrected chi connectivity index (χ4v) is 2.45. The van der Waals surface area contributed by atoms with Crippen LogP contribution in [-0.2, 0) is 13.0 Å². The first-order chi connectivity index (χ1) is 7.79. The van der Waals surface area contributed by atoms with E-state index in [9.17, 15) is 0 Å². The predicted molar refractivity (Wildman–Crippen MR) is 69.7 cm³/mol. The molecule has 2 aromatic rings. The lowest BCUT2D eigenvalue weighted by atomic mass is 10.2. The molecule has 0 radical (unpaired) electrons. The van der Waals surface area contributed by atoms with Crippen LogP contribution in [0.5, 0.6) is 0 Å². The van der Waals surface area contributed by atoms with Gasteiger partial charge in [-0.05, 0) is 35.6 Å². The van der Waals surface area contributed by atoms with Crippen LogP contribution in [0.1, 0.15) is 17.4 Å². The second kappa shape index (κ2) is 4.99. The molecule has 3 N–H and O–H groups in total. The Morgan fingerprint density at radius 1 is 1.38 bits per heavy atom. The number of pyridine rings is 1. The maximum absolute atomic E-state index is 5.53. The van der Waals surface area contributed by atoms with Crippen LogP contribution < -0.4 is 11.1 Å². The summed E-state index contributed by atoms with van der Waals surface area (Å²) >= 11 is 1.79. The topological polar surface area (TPSA) is 50.9 Å². The number of rotatable bonds is 4. The zero-order valence-electron chi connectivity index (χ0n) is 9.23. The highest BCUT2D eigenvalue weighted by atomic mass is 32.1. The van der Waals surface area contributed by atoms with Crippen molar-refractivity contribution in [3.63, 3.8) is 0 Å². The number of aromatic nitrogens is 1. The van der Waals surface area contributed by atoms with Gasteiger partial charge < -0.3 is 11.1 Å². The summed E-state index contributed by atoms with van der Waals surface area (Å²) in [6.45, 7) is 3.03. The second-order valence-corrected chi connectivity index (χ2v) is 4.55. The lowest BCUT2D eigenvalue weighted by molar-refractivity contribution is 1.08. The molecule has 0 bridgehead atoms. The summed E-state index contributed by atoms with van der Waals surface area (Å²) in [6, 6.07) is 5.93. The van der Waals surface area contributed by atoms with Crippen molar-refractivity contribution in [1.29, 1.82) is 0 Å². The number of nitrogens with two attached hydrogens (primary N) is 1. The van der Waals surface area contributed by atoms with Crippen LogP contribution in [0.15, 0.2) is 29.8 Å². The average molecular weight is 233 g/mol. The first-order valence-electron chi connectivity index (χ1n) is 5.30. The van der Waals surface area contributed by atoms with E-state index < -0.39 is 0 Å². The Morgan fingerprint density at radius 3 is 2.94 bits per heavy atom. The molecular formula is C12H15N3S. The molecule has 0 amide bonds. The van der Waals surface area contributed by atoms with Crippen molar-refractivity contribution >= 4 is 22.8 Å². The van der Waals surface area contributed by atoms with Crippen molar-refractivity contribution in [2.45, 2.75) is 19.9 Å². The molecule has 3 nitrogen and oxygen atoms in total. The van der Waals surface area contributed by atoms with E-state index in [1.807, 2.05) is 6.07 Å². The van der Waals surface area contributed by atoms with Crippen LogP contribution in [0.3, 0.4) is 0 Å². The summed E-state index contributed by atoms with van der Waals surface area (Å²) in [7, 11) is 0. The quantitative estimate of drug-likeness (QED) is 0.853. The number of thiophene rings is 1. The standard InChI is InChI=1S/C12H15N3S/c1-2-9-5-6-16-11(9)8-14-10-3-4-12(13)15-7-10/h3-7,14H,2,8H2,1H3,(H2,13,15). The molecule has 2 heterocycles. The van der Waals surface area contributed by atoms with E-state index in [1.54, 1.807) is 23.6 Å². The molecule has 0 spiro atoms. The van der Waals surface area contributed by atoms with Gasteiger partial charge in [-0.2, -0.15) is 0 Å². The molecule has 0 fully saturated rings. The Morgan fingerprint density at radius 2 is 2.25 bits per heavy atom. The van der Waals surface area contributed by atoms with E-state index >= 15 is 0 Å². The highest BCUT2D eigenvalue weighted by molar-refractivity contribution is 7.10. The normalized spacial score (nSPS) is 10.3.